The van der Waals surface area contributed by atoms with Gasteiger partial charge in [-0.3, -0.25) is 19.2 Å². The van der Waals surface area contributed by atoms with Crippen LogP contribution in [0.4, 0.5) is 23.2 Å². The fourth-order valence-corrected chi connectivity index (χ4v) is 4.61. The normalized spacial score (nSPS) is 17.8. The Balaban J connectivity index is 1.35. The maximum Gasteiger partial charge on any atom is 0.573 e. The zero-order valence-electron chi connectivity index (χ0n) is 21.3. The minimum absolute atomic E-state index is 0.103. The number of Topliss-reactive ketones (excluding diaryl/α,β-unsaturated/α-hetero) is 1. The smallest absolute Gasteiger partial charge is 0.406 e. The summed E-state index contributed by atoms with van der Waals surface area (Å²) in [5, 5.41) is 5.27. The fourth-order valence-electron chi connectivity index (χ4n) is 4.61. The van der Waals surface area contributed by atoms with Crippen molar-refractivity contribution in [2.24, 2.45) is 0 Å². The van der Waals surface area contributed by atoms with E-state index in [0.717, 1.165) is 24.3 Å². The first-order chi connectivity index (χ1) is 19.4. The summed E-state index contributed by atoms with van der Waals surface area (Å²) in [5.41, 5.74) is -0.139. The van der Waals surface area contributed by atoms with E-state index in [0.29, 0.717) is 24.1 Å². The molecule has 0 radical (unpaired) electrons. The highest BCUT2D eigenvalue weighted by Crippen LogP contribution is 2.37. The van der Waals surface area contributed by atoms with Gasteiger partial charge in [-0.1, -0.05) is 24.3 Å². The Kier molecular flexibility index (Phi) is 7.24. The fraction of sp³-hybridized carbons (Fsp3) is 0.241. The Morgan fingerprint density at radius 2 is 1.61 bits per heavy atom. The van der Waals surface area contributed by atoms with Crippen LogP contribution < -0.4 is 20.3 Å². The van der Waals surface area contributed by atoms with Crippen molar-refractivity contribution in [1.29, 1.82) is 0 Å². The van der Waals surface area contributed by atoms with E-state index < -0.39 is 53.0 Å². The predicted molar refractivity (Wildman–Crippen MR) is 137 cm³/mol. The van der Waals surface area contributed by atoms with Crippen LogP contribution in [0.15, 0.2) is 72.8 Å². The molecule has 0 spiro atoms. The van der Waals surface area contributed by atoms with Crippen LogP contribution in [0.2, 0.25) is 0 Å². The van der Waals surface area contributed by atoms with Crippen molar-refractivity contribution < 1.29 is 41.5 Å². The quantitative estimate of drug-likeness (QED) is 0.413. The molecule has 1 saturated carbocycles. The minimum atomic E-state index is -4.86. The van der Waals surface area contributed by atoms with E-state index in [9.17, 15) is 36.7 Å². The Morgan fingerprint density at radius 1 is 0.951 bits per heavy atom. The molecular weight excluding hydrogens is 546 g/mol. The Hall–Kier alpha value is -4.74. The topological polar surface area (TPSA) is 105 Å². The molecular formula is C29H23F4N3O5. The minimum Gasteiger partial charge on any atom is -0.406 e. The highest BCUT2D eigenvalue weighted by molar-refractivity contribution is 6.13. The number of nitrogens with zero attached hydrogens (tertiary/aromatic N) is 1. The Labute approximate surface area is 231 Å². The molecule has 212 valence electrons. The van der Waals surface area contributed by atoms with Crippen molar-refractivity contribution in [1.82, 2.24) is 10.6 Å². The van der Waals surface area contributed by atoms with Crippen LogP contribution in [-0.2, 0) is 16.1 Å². The van der Waals surface area contributed by atoms with Crippen molar-refractivity contribution in [3.05, 3.63) is 95.3 Å². The van der Waals surface area contributed by atoms with Crippen LogP contribution in [0.5, 0.6) is 5.75 Å². The molecule has 3 aromatic carbocycles. The van der Waals surface area contributed by atoms with E-state index in [-0.39, 0.29) is 24.1 Å². The third-order valence-corrected chi connectivity index (χ3v) is 6.90. The Morgan fingerprint density at radius 3 is 2.24 bits per heavy atom. The van der Waals surface area contributed by atoms with Gasteiger partial charge < -0.3 is 20.3 Å². The maximum atomic E-state index is 13.7. The van der Waals surface area contributed by atoms with E-state index in [1.54, 1.807) is 24.3 Å². The molecule has 8 nitrogen and oxygen atoms in total. The van der Waals surface area contributed by atoms with Crippen LogP contribution in [0, 0.1) is 5.82 Å². The first kappa shape index (κ1) is 27.8. The lowest BCUT2D eigenvalue weighted by atomic mass is 10.0. The lowest BCUT2D eigenvalue weighted by Crippen LogP contribution is -2.55. The average molecular weight is 570 g/mol. The third-order valence-electron chi connectivity index (χ3n) is 6.90. The molecule has 0 aromatic heterocycles. The third kappa shape index (κ3) is 6.21. The highest BCUT2D eigenvalue weighted by Gasteiger charge is 2.52. The second-order valence-corrected chi connectivity index (χ2v) is 9.83. The predicted octanol–water partition coefficient (Wildman–Crippen LogP) is 4.29. The number of fused-ring (bicyclic) bond motifs is 1. The SMILES string of the molecule is O=C(NC1(C(=O)N[C@@H]2CC(=O)c3ccccc3N(Cc3ccc(OC(F)(F)F)cc3)C2=O)CC1)c1ccc(F)cc1. The number of amides is 3. The molecule has 5 rings (SSSR count). The second-order valence-electron chi connectivity index (χ2n) is 9.83. The van der Waals surface area contributed by atoms with Crippen LogP contribution in [0.3, 0.4) is 0 Å². The van der Waals surface area contributed by atoms with Gasteiger partial charge in [-0.25, -0.2) is 4.39 Å². The zero-order chi connectivity index (χ0) is 29.4. The van der Waals surface area contributed by atoms with E-state index in [1.165, 1.54) is 29.2 Å². The molecule has 0 unspecified atom stereocenters. The molecule has 2 aliphatic rings. The number of alkyl halides is 3. The second kappa shape index (κ2) is 10.7. The molecule has 1 aliphatic carbocycles. The van der Waals surface area contributed by atoms with E-state index in [4.69, 9.17) is 0 Å². The number of rotatable bonds is 7. The molecule has 0 bridgehead atoms. The number of ether oxygens (including phenoxy) is 1. The summed E-state index contributed by atoms with van der Waals surface area (Å²) in [5.74, 6) is -3.18. The molecule has 3 amide bonds. The number of hydrogen-bond acceptors (Lipinski definition) is 5. The van der Waals surface area contributed by atoms with Crippen molar-refractivity contribution in [3.63, 3.8) is 0 Å². The summed E-state index contributed by atoms with van der Waals surface area (Å²) in [4.78, 5) is 54.1. The van der Waals surface area contributed by atoms with Gasteiger partial charge in [0.25, 0.3) is 5.91 Å². The molecule has 12 heteroatoms. The molecule has 1 heterocycles. The largest absolute Gasteiger partial charge is 0.573 e. The maximum absolute atomic E-state index is 13.7. The lowest BCUT2D eigenvalue weighted by Gasteiger charge is -2.27. The number of carbonyl (C=O) groups is 4. The summed E-state index contributed by atoms with van der Waals surface area (Å²) in [6.45, 7) is -0.103. The molecule has 1 atom stereocenters. The van der Waals surface area contributed by atoms with Crippen molar-refractivity contribution >= 4 is 29.2 Å². The van der Waals surface area contributed by atoms with Gasteiger partial charge in [0.05, 0.1) is 12.2 Å². The number of anilines is 1. The first-order valence-electron chi connectivity index (χ1n) is 12.6. The summed E-state index contributed by atoms with van der Waals surface area (Å²) >= 11 is 0. The number of benzene rings is 3. The van der Waals surface area contributed by atoms with Crippen LogP contribution in [0.25, 0.3) is 0 Å². The summed E-state index contributed by atoms with van der Waals surface area (Å²) < 4.78 is 54.8. The first-order valence-corrected chi connectivity index (χ1v) is 12.6. The van der Waals surface area contributed by atoms with Gasteiger partial charge in [0.2, 0.25) is 11.8 Å². The number of carbonyl (C=O) groups excluding carboxylic acids is 4. The highest BCUT2D eigenvalue weighted by atomic mass is 19.4. The molecule has 41 heavy (non-hydrogen) atoms. The van der Waals surface area contributed by atoms with Gasteiger partial charge in [-0.15, -0.1) is 13.2 Å². The molecule has 2 N–H and O–H groups in total. The van der Waals surface area contributed by atoms with Crippen molar-refractivity contribution in [2.45, 2.75) is 43.8 Å². The average Bonchev–Trinajstić information content (AvgIpc) is 3.72. The monoisotopic (exact) mass is 569 g/mol. The molecule has 0 saturated heterocycles. The molecule has 1 fully saturated rings. The van der Waals surface area contributed by atoms with Crippen molar-refractivity contribution in [3.8, 4) is 5.75 Å². The van der Waals surface area contributed by atoms with E-state index in [2.05, 4.69) is 15.4 Å². The van der Waals surface area contributed by atoms with Crippen molar-refractivity contribution in [2.75, 3.05) is 4.90 Å². The van der Waals surface area contributed by atoms with Gasteiger partial charge in [0.15, 0.2) is 5.78 Å². The summed E-state index contributed by atoms with van der Waals surface area (Å²) in [6.07, 6.45) is -4.59. The zero-order valence-corrected chi connectivity index (χ0v) is 21.3. The molecule has 1 aliphatic heterocycles. The number of para-hydroxylation sites is 1. The molecule has 3 aromatic rings. The Bertz CT molecular complexity index is 1500. The van der Waals surface area contributed by atoms with E-state index in [1.807, 2.05) is 0 Å². The number of hydrogen-bond donors (Lipinski definition) is 2. The van der Waals surface area contributed by atoms with Crippen LogP contribution in [0.1, 0.15) is 45.5 Å². The van der Waals surface area contributed by atoms with Gasteiger partial charge in [-0.2, -0.15) is 0 Å². The number of nitrogens with one attached hydrogen (secondary N) is 2. The summed E-state index contributed by atoms with van der Waals surface area (Å²) in [7, 11) is 0. The number of halogens is 4. The lowest BCUT2D eigenvalue weighted by molar-refractivity contribution is -0.274. The van der Waals surface area contributed by atoms with Gasteiger partial charge in [0.1, 0.15) is 23.1 Å². The summed E-state index contributed by atoms with van der Waals surface area (Å²) in [6, 6.07) is 14.9. The van der Waals surface area contributed by atoms with Gasteiger partial charge in [0, 0.05) is 17.5 Å². The van der Waals surface area contributed by atoms with E-state index >= 15 is 0 Å². The standard InChI is InChI=1S/C29H23F4N3O5/c30-19-9-7-18(8-10-19)25(38)35-28(13-14-28)27(40)34-22-15-24(37)21-3-1-2-4-23(21)36(26(22)39)16-17-5-11-20(12-6-17)41-29(31,32)33/h1-12,22H,13-16H2,(H,34,40)(H,35,38)/t22-/m1/s1. The van der Waals surface area contributed by atoms with Gasteiger partial charge in [-0.05, 0) is 66.9 Å². The van der Waals surface area contributed by atoms with Crippen LogP contribution in [-0.4, -0.2) is 41.4 Å². The number of ketones is 1. The van der Waals surface area contributed by atoms with Gasteiger partial charge >= 0.3 is 6.36 Å². The van der Waals surface area contributed by atoms with Crippen LogP contribution >= 0.6 is 0 Å².